The number of halogens is 1. The molecule has 0 aromatic heterocycles. The first-order chi connectivity index (χ1) is 9.22. The third-order valence-electron chi connectivity index (χ3n) is 4.28. The summed E-state index contributed by atoms with van der Waals surface area (Å²) < 4.78 is 0. The van der Waals surface area contributed by atoms with Crippen molar-refractivity contribution >= 4 is 23.2 Å². The van der Waals surface area contributed by atoms with E-state index in [1.54, 1.807) is 0 Å². The molecule has 1 heterocycles. The maximum atomic E-state index is 6.08. The molecular formula is C17H23ClN2. The molecule has 2 aromatic carbocycles. The second kappa shape index (κ2) is 6.57. The monoisotopic (exact) mass is 290 g/mol. The Bertz CT molecular complexity index is 570. The highest BCUT2D eigenvalue weighted by atomic mass is 35.5. The molecule has 2 nitrogen and oxygen atoms in total. The van der Waals surface area contributed by atoms with Crippen LogP contribution in [0.3, 0.4) is 0 Å². The van der Waals surface area contributed by atoms with Crippen LogP contribution in [-0.2, 0) is 6.54 Å². The van der Waals surface area contributed by atoms with Crippen LogP contribution in [0.5, 0.6) is 0 Å². The lowest BCUT2D eigenvalue weighted by molar-refractivity contribution is 0.158. The van der Waals surface area contributed by atoms with Crippen LogP contribution in [0.15, 0.2) is 42.5 Å². The van der Waals surface area contributed by atoms with Gasteiger partial charge in [0.05, 0.1) is 0 Å². The zero-order valence-corrected chi connectivity index (χ0v) is 12.8. The molecule has 1 aliphatic rings. The molecule has 0 bridgehead atoms. The number of benzene rings is 2. The highest BCUT2D eigenvalue weighted by molar-refractivity contribution is 5.85. The van der Waals surface area contributed by atoms with Crippen LogP contribution in [0.2, 0.25) is 0 Å². The predicted octanol–water partition coefficient (Wildman–Crippen LogP) is 3.43. The van der Waals surface area contributed by atoms with E-state index in [-0.39, 0.29) is 12.4 Å². The minimum absolute atomic E-state index is 0. The summed E-state index contributed by atoms with van der Waals surface area (Å²) in [7, 11) is 0. The van der Waals surface area contributed by atoms with Crippen LogP contribution in [0.1, 0.15) is 18.9 Å². The number of piperidine rings is 1. The zero-order chi connectivity index (χ0) is 13.2. The lowest BCUT2D eigenvalue weighted by atomic mass is 9.94. The SMILES string of the molecule is CC1CN(Cc2ccc3ccccc3c2)CCC1N.Cl. The fraction of sp³-hybridized carbons (Fsp3) is 0.412. The van der Waals surface area contributed by atoms with Gasteiger partial charge in [-0.15, -0.1) is 12.4 Å². The normalized spacial score (nSPS) is 23.5. The third kappa shape index (κ3) is 3.32. The van der Waals surface area contributed by atoms with Crippen LogP contribution in [0.25, 0.3) is 10.8 Å². The van der Waals surface area contributed by atoms with E-state index >= 15 is 0 Å². The molecule has 2 unspecified atom stereocenters. The van der Waals surface area contributed by atoms with Gasteiger partial charge in [-0.05, 0) is 41.3 Å². The maximum absolute atomic E-state index is 6.08. The van der Waals surface area contributed by atoms with Crippen molar-refractivity contribution in [2.75, 3.05) is 13.1 Å². The number of nitrogens with zero attached hydrogens (tertiary/aromatic N) is 1. The third-order valence-corrected chi connectivity index (χ3v) is 4.28. The van der Waals surface area contributed by atoms with Crippen molar-refractivity contribution in [3.05, 3.63) is 48.0 Å². The van der Waals surface area contributed by atoms with E-state index in [9.17, 15) is 0 Å². The van der Waals surface area contributed by atoms with Crippen molar-refractivity contribution in [1.29, 1.82) is 0 Å². The predicted molar refractivity (Wildman–Crippen MR) is 88.2 cm³/mol. The zero-order valence-electron chi connectivity index (χ0n) is 12.0. The van der Waals surface area contributed by atoms with Gasteiger partial charge in [0.25, 0.3) is 0 Å². The molecule has 2 N–H and O–H groups in total. The largest absolute Gasteiger partial charge is 0.327 e. The van der Waals surface area contributed by atoms with E-state index in [1.165, 1.54) is 16.3 Å². The highest BCUT2D eigenvalue weighted by Crippen LogP contribution is 2.20. The summed E-state index contributed by atoms with van der Waals surface area (Å²) >= 11 is 0. The van der Waals surface area contributed by atoms with E-state index in [1.807, 2.05) is 0 Å². The van der Waals surface area contributed by atoms with Crippen molar-refractivity contribution in [3.8, 4) is 0 Å². The Balaban J connectivity index is 0.00000147. The Morgan fingerprint density at radius 2 is 1.90 bits per heavy atom. The summed E-state index contributed by atoms with van der Waals surface area (Å²) in [5.41, 5.74) is 7.49. The summed E-state index contributed by atoms with van der Waals surface area (Å²) in [6.45, 7) is 5.55. The van der Waals surface area contributed by atoms with E-state index in [4.69, 9.17) is 5.73 Å². The topological polar surface area (TPSA) is 29.3 Å². The number of nitrogens with two attached hydrogens (primary N) is 1. The van der Waals surface area contributed by atoms with Crippen LogP contribution in [0, 0.1) is 5.92 Å². The molecule has 1 fully saturated rings. The molecule has 3 heteroatoms. The second-order valence-corrected chi connectivity index (χ2v) is 5.85. The summed E-state index contributed by atoms with van der Waals surface area (Å²) in [5, 5.41) is 2.65. The molecule has 108 valence electrons. The van der Waals surface area contributed by atoms with Gasteiger partial charge < -0.3 is 5.73 Å². The molecule has 0 aliphatic carbocycles. The van der Waals surface area contributed by atoms with Gasteiger partial charge in [-0.25, -0.2) is 0 Å². The molecule has 1 saturated heterocycles. The van der Waals surface area contributed by atoms with Crippen molar-refractivity contribution in [2.24, 2.45) is 11.7 Å². The Morgan fingerprint density at radius 3 is 2.65 bits per heavy atom. The summed E-state index contributed by atoms with van der Waals surface area (Å²) in [5.74, 6) is 0.606. The highest BCUT2D eigenvalue weighted by Gasteiger charge is 2.22. The van der Waals surface area contributed by atoms with Crippen molar-refractivity contribution in [2.45, 2.75) is 25.9 Å². The number of likely N-dealkylation sites (tertiary alicyclic amines) is 1. The smallest absolute Gasteiger partial charge is 0.0234 e. The summed E-state index contributed by atoms with van der Waals surface area (Å²) in [6, 6.07) is 15.7. The summed E-state index contributed by atoms with van der Waals surface area (Å²) in [4.78, 5) is 2.53. The fourth-order valence-electron chi connectivity index (χ4n) is 2.99. The van der Waals surface area contributed by atoms with E-state index in [0.717, 1.165) is 26.1 Å². The molecule has 0 saturated carbocycles. The molecule has 2 aromatic rings. The Hall–Kier alpha value is -1.09. The molecule has 0 amide bonds. The van der Waals surface area contributed by atoms with Gasteiger partial charge in [-0.1, -0.05) is 43.3 Å². The molecule has 3 rings (SSSR count). The average molecular weight is 291 g/mol. The number of hydrogen-bond acceptors (Lipinski definition) is 2. The Labute approximate surface area is 127 Å². The van der Waals surface area contributed by atoms with Gasteiger partial charge in [-0.2, -0.15) is 0 Å². The molecule has 20 heavy (non-hydrogen) atoms. The molecule has 0 spiro atoms. The first-order valence-corrected chi connectivity index (χ1v) is 7.18. The maximum Gasteiger partial charge on any atom is 0.0234 e. The molecule has 0 radical (unpaired) electrons. The molecular weight excluding hydrogens is 268 g/mol. The van der Waals surface area contributed by atoms with Crippen molar-refractivity contribution in [1.82, 2.24) is 4.90 Å². The minimum Gasteiger partial charge on any atom is -0.327 e. The first kappa shape index (κ1) is 15.3. The second-order valence-electron chi connectivity index (χ2n) is 5.85. The fourth-order valence-corrected chi connectivity index (χ4v) is 2.99. The van der Waals surface area contributed by atoms with Crippen LogP contribution < -0.4 is 5.73 Å². The lowest BCUT2D eigenvalue weighted by Gasteiger charge is -2.35. The van der Waals surface area contributed by atoms with E-state index in [0.29, 0.717) is 12.0 Å². The standard InChI is InChI=1S/C17H22N2.ClH/c1-13-11-19(9-8-17(13)18)12-14-6-7-15-4-2-3-5-16(15)10-14;/h2-7,10,13,17H,8-9,11-12,18H2,1H3;1H. The Morgan fingerprint density at radius 1 is 1.15 bits per heavy atom. The Kier molecular flexibility index (Phi) is 5.03. The van der Waals surface area contributed by atoms with Gasteiger partial charge >= 0.3 is 0 Å². The molecule has 2 atom stereocenters. The number of rotatable bonds is 2. The minimum atomic E-state index is 0. The number of fused-ring (bicyclic) bond motifs is 1. The summed E-state index contributed by atoms with van der Waals surface area (Å²) in [6.07, 6.45) is 1.12. The van der Waals surface area contributed by atoms with Gasteiger partial charge in [0.15, 0.2) is 0 Å². The quantitative estimate of drug-likeness (QED) is 0.918. The first-order valence-electron chi connectivity index (χ1n) is 7.18. The average Bonchev–Trinajstić information content (AvgIpc) is 2.43. The van der Waals surface area contributed by atoms with Crippen molar-refractivity contribution < 1.29 is 0 Å². The van der Waals surface area contributed by atoms with Crippen LogP contribution in [-0.4, -0.2) is 24.0 Å². The van der Waals surface area contributed by atoms with Crippen LogP contribution in [0.4, 0.5) is 0 Å². The van der Waals surface area contributed by atoms with Gasteiger partial charge in [0.2, 0.25) is 0 Å². The van der Waals surface area contributed by atoms with Gasteiger partial charge in [-0.3, -0.25) is 4.90 Å². The van der Waals surface area contributed by atoms with E-state index < -0.39 is 0 Å². The van der Waals surface area contributed by atoms with Crippen LogP contribution >= 0.6 is 12.4 Å². The van der Waals surface area contributed by atoms with Crippen molar-refractivity contribution in [3.63, 3.8) is 0 Å². The van der Waals surface area contributed by atoms with Gasteiger partial charge in [0, 0.05) is 19.1 Å². The van der Waals surface area contributed by atoms with Gasteiger partial charge in [0.1, 0.15) is 0 Å². The van der Waals surface area contributed by atoms with E-state index in [2.05, 4.69) is 54.3 Å². The molecule has 1 aliphatic heterocycles. The lowest BCUT2D eigenvalue weighted by Crippen LogP contribution is -2.45. The number of hydrogen-bond donors (Lipinski definition) is 1.